The summed E-state index contributed by atoms with van der Waals surface area (Å²) in [6, 6.07) is 0. The van der Waals surface area contributed by atoms with Crippen molar-refractivity contribution in [3.63, 3.8) is 0 Å². The summed E-state index contributed by atoms with van der Waals surface area (Å²) in [6.07, 6.45) is 4.19. The standard InChI is InChI=1S/C12H23NO2/c1-3-15-9-8-13(2)10-11-6-4-5-7-12(11)14/h11H,3-10H2,1-2H3. The SMILES string of the molecule is CCOCCN(C)CC1CCCCC1=O. The maximum atomic E-state index is 11.6. The average Bonchev–Trinajstić information content (AvgIpc) is 2.22. The molecule has 0 spiro atoms. The van der Waals surface area contributed by atoms with Crippen molar-refractivity contribution >= 4 is 5.78 Å². The number of carbonyl (C=O) groups is 1. The van der Waals surface area contributed by atoms with Crippen molar-refractivity contribution in [2.45, 2.75) is 32.6 Å². The molecule has 3 nitrogen and oxygen atoms in total. The summed E-state index contributed by atoms with van der Waals surface area (Å²) in [7, 11) is 2.07. The van der Waals surface area contributed by atoms with E-state index in [1.807, 2.05) is 6.92 Å². The Kier molecular flexibility index (Phi) is 5.88. The van der Waals surface area contributed by atoms with E-state index in [1.54, 1.807) is 0 Å². The molecule has 0 bridgehead atoms. The van der Waals surface area contributed by atoms with E-state index in [9.17, 15) is 4.79 Å². The Labute approximate surface area is 92.8 Å². The van der Waals surface area contributed by atoms with Gasteiger partial charge in [-0.3, -0.25) is 4.79 Å². The molecular weight excluding hydrogens is 190 g/mol. The quantitative estimate of drug-likeness (QED) is 0.629. The first-order valence-electron chi connectivity index (χ1n) is 6.03. The molecule has 0 amide bonds. The van der Waals surface area contributed by atoms with Gasteiger partial charge in [0.05, 0.1) is 6.61 Å². The molecule has 0 saturated heterocycles. The van der Waals surface area contributed by atoms with E-state index in [2.05, 4.69) is 11.9 Å². The second-order valence-electron chi connectivity index (χ2n) is 4.37. The van der Waals surface area contributed by atoms with Crippen LogP contribution in [0.4, 0.5) is 0 Å². The smallest absolute Gasteiger partial charge is 0.137 e. The molecule has 0 aliphatic heterocycles. The average molecular weight is 213 g/mol. The zero-order valence-corrected chi connectivity index (χ0v) is 10.00. The van der Waals surface area contributed by atoms with Gasteiger partial charge in [-0.05, 0) is 26.8 Å². The van der Waals surface area contributed by atoms with Crippen LogP contribution in [0.25, 0.3) is 0 Å². The van der Waals surface area contributed by atoms with Crippen LogP contribution in [0.3, 0.4) is 0 Å². The van der Waals surface area contributed by atoms with Crippen molar-refractivity contribution in [3.8, 4) is 0 Å². The van der Waals surface area contributed by atoms with Gasteiger partial charge < -0.3 is 9.64 Å². The third kappa shape index (κ3) is 4.76. The fourth-order valence-corrected chi connectivity index (χ4v) is 2.08. The maximum Gasteiger partial charge on any atom is 0.137 e. The Balaban J connectivity index is 2.17. The fourth-order valence-electron chi connectivity index (χ4n) is 2.08. The van der Waals surface area contributed by atoms with Crippen LogP contribution in [0.1, 0.15) is 32.6 Å². The highest BCUT2D eigenvalue weighted by Crippen LogP contribution is 2.20. The van der Waals surface area contributed by atoms with Gasteiger partial charge in [0.25, 0.3) is 0 Å². The summed E-state index contributed by atoms with van der Waals surface area (Å²) in [6.45, 7) is 5.39. The minimum Gasteiger partial charge on any atom is -0.380 e. The number of hydrogen-bond donors (Lipinski definition) is 0. The van der Waals surface area contributed by atoms with Crippen molar-refractivity contribution in [1.82, 2.24) is 4.90 Å². The summed E-state index contributed by atoms with van der Waals surface area (Å²) >= 11 is 0. The van der Waals surface area contributed by atoms with E-state index in [-0.39, 0.29) is 5.92 Å². The summed E-state index contributed by atoms with van der Waals surface area (Å²) in [4.78, 5) is 13.8. The Morgan fingerprint density at radius 1 is 1.47 bits per heavy atom. The molecule has 3 heteroatoms. The highest BCUT2D eigenvalue weighted by Gasteiger charge is 2.22. The van der Waals surface area contributed by atoms with E-state index < -0.39 is 0 Å². The Morgan fingerprint density at radius 2 is 2.27 bits per heavy atom. The molecule has 1 atom stereocenters. The molecule has 0 radical (unpaired) electrons. The molecule has 1 unspecified atom stereocenters. The monoisotopic (exact) mass is 213 g/mol. The maximum absolute atomic E-state index is 11.6. The summed E-state index contributed by atoms with van der Waals surface area (Å²) < 4.78 is 5.29. The van der Waals surface area contributed by atoms with E-state index in [0.29, 0.717) is 5.78 Å². The highest BCUT2D eigenvalue weighted by atomic mass is 16.5. The Bertz CT molecular complexity index is 194. The Morgan fingerprint density at radius 3 is 2.93 bits per heavy atom. The molecule has 0 aromatic carbocycles. The van der Waals surface area contributed by atoms with Gasteiger partial charge >= 0.3 is 0 Å². The third-order valence-corrected chi connectivity index (χ3v) is 3.03. The van der Waals surface area contributed by atoms with Gasteiger partial charge in [-0.25, -0.2) is 0 Å². The van der Waals surface area contributed by atoms with E-state index in [1.165, 1.54) is 6.42 Å². The van der Waals surface area contributed by atoms with Crippen LogP contribution < -0.4 is 0 Å². The van der Waals surface area contributed by atoms with Crippen LogP contribution in [-0.2, 0) is 9.53 Å². The van der Waals surface area contributed by atoms with Gasteiger partial charge in [-0.2, -0.15) is 0 Å². The number of rotatable bonds is 6. The first kappa shape index (κ1) is 12.7. The van der Waals surface area contributed by atoms with Gasteiger partial charge in [0.1, 0.15) is 5.78 Å². The number of Topliss-reactive ketones (excluding diaryl/α,β-unsaturated/α-hetero) is 1. The van der Waals surface area contributed by atoms with Crippen LogP contribution in [0.2, 0.25) is 0 Å². The lowest BCUT2D eigenvalue weighted by molar-refractivity contribution is -0.125. The molecule has 0 aromatic rings. The molecule has 15 heavy (non-hydrogen) atoms. The molecule has 1 fully saturated rings. The number of ketones is 1. The lowest BCUT2D eigenvalue weighted by Crippen LogP contribution is -2.34. The van der Waals surface area contributed by atoms with Crippen LogP contribution in [0, 0.1) is 5.92 Å². The zero-order chi connectivity index (χ0) is 11.1. The van der Waals surface area contributed by atoms with Gasteiger partial charge in [0, 0.05) is 32.0 Å². The van der Waals surface area contributed by atoms with Crippen LogP contribution in [0.5, 0.6) is 0 Å². The normalized spacial score (nSPS) is 22.3. The third-order valence-electron chi connectivity index (χ3n) is 3.03. The molecule has 0 N–H and O–H groups in total. The lowest BCUT2D eigenvalue weighted by atomic mass is 9.88. The molecule has 1 saturated carbocycles. The summed E-state index contributed by atoms with van der Waals surface area (Å²) in [5.41, 5.74) is 0. The van der Waals surface area contributed by atoms with Crippen molar-refractivity contribution in [1.29, 1.82) is 0 Å². The molecule has 1 rings (SSSR count). The second-order valence-corrected chi connectivity index (χ2v) is 4.37. The van der Waals surface area contributed by atoms with Crippen LogP contribution in [0.15, 0.2) is 0 Å². The number of hydrogen-bond acceptors (Lipinski definition) is 3. The van der Waals surface area contributed by atoms with E-state index in [0.717, 1.165) is 45.6 Å². The largest absolute Gasteiger partial charge is 0.380 e. The second kappa shape index (κ2) is 6.96. The first-order valence-corrected chi connectivity index (χ1v) is 6.03. The predicted octanol–water partition coefficient (Wildman–Crippen LogP) is 1.71. The Hall–Kier alpha value is -0.410. The minimum absolute atomic E-state index is 0.283. The molecule has 0 aromatic heterocycles. The van der Waals surface area contributed by atoms with Crippen LogP contribution in [-0.4, -0.2) is 44.0 Å². The van der Waals surface area contributed by atoms with Crippen molar-refractivity contribution in [3.05, 3.63) is 0 Å². The van der Waals surface area contributed by atoms with Crippen molar-refractivity contribution in [2.24, 2.45) is 5.92 Å². The van der Waals surface area contributed by atoms with Crippen LogP contribution >= 0.6 is 0 Å². The fraction of sp³-hybridized carbons (Fsp3) is 0.917. The molecular formula is C12H23NO2. The first-order chi connectivity index (χ1) is 7.24. The van der Waals surface area contributed by atoms with E-state index in [4.69, 9.17) is 4.74 Å². The zero-order valence-electron chi connectivity index (χ0n) is 10.00. The van der Waals surface area contributed by atoms with Gasteiger partial charge in [-0.1, -0.05) is 6.42 Å². The van der Waals surface area contributed by atoms with Crippen molar-refractivity contribution in [2.75, 3.05) is 33.4 Å². The molecule has 1 aliphatic rings. The number of ether oxygens (including phenoxy) is 1. The minimum atomic E-state index is 0.283. The summed E-state index contributed by atoms with van der Waals surface area (Å²) in [5, 5.41) is 0. The van der Waals surface area contributed by atoms with Gasteiger partial charge in [0.2, 0.25) is 0 Å². The number of nitrogens with zero attached hydrogens (tertiary/aromatic N) is 1. The number of likely N-dealkylation sites (N-methyl/N-ethyl adjacent to an activating group) is 1. The molecule has 88 valence electrons. The highest BCUT2D eigenvalue weighted by molar-refractivity contribution is 5.81. The number of carbonyl (C=O) groups excluding carboxylic acids is 1. The van der Waals surface area contributed by atoms with Crippen molar-refractivity contribution < 1.29 is 9.53 Å². The summed E-state index contributed by atoms with van der Waals surface area (Å²) in [5.74, 6) is 0.745. The predicted molar refractivity (Wildman–Crippen MR) is 61.0 cm³/mol. The van der Waals surface area contributed by atoms with Gasteiger partial charge in [-0.15, -0.1) is 0 Å². The van der Waals surface area contributed by atoms with Gasteiger partial charge in [0.15, 0.2) is 0 Å². The molecule has 0 heterocycles. The molecule has 1 aliphatic carbocycles. The lowest BCUT2D eigenvalue weighted by Gasteiger charge is -2.25. The topological polar surface area (TPSA) is 29.5 Å². The van der Waals surface area contributed by atoms with E-state index >= 15 is 0 Å².